The fraction of sp³-hybridized carbons (Fsp3) is 0.471. The molecule has 0 fully saturated rings. The van der Waals surface area contributed by atoms with E-state index in [9.17, 15) is 0 Å². The van der Waals surface area contributed by atoms with Gasteiger partial charge in [0.1, 0.15) is 5.82 Å². The molecular weight excluding hydrogens is 246 g/mol. The van der Waals surface area contributed by atoms with E-state index in [1.165, 1.54) is 16.7 Å². The van der Waals surface area contributed by atoms with Gasteiger partial charge >= 0.3 is 0 Å². The van der Waals surface area contributed by atoms with E-state index in [2.05, 4.69) is 67.0 Å². The molecule has 108 valence electrons. The lowest BCUT2D eigenvalue weighted by Gasteiger charge is -2.21. The highest BCUT2D eigenvalue weighted by Gasteiger charge is 2.16. The van der Waals surface area contributed by atoms with Crippen molar-refractivity contribution in [3.8, 4) is 0 Å². The van der Waals surface area contributed by atoms with E-state index >= 15 is 0 Å². The summed E-state index contributed by atoms with van der Waals surface area (Å²) in [6, 6.07) is 6.88. The van der Waals surface area contributed by atoms with Crippen molar-refractivity contribution in [1.82, 2.24) is 14.9 Å². The number of rotatable bonds is 6. The smallest absolute Gasteiger partial charge is 0.110 e. The minimum atomic E-state index is 0.326. The SMILES string of the molecule is CCNC(Cc1nccn1CC)c1cccc(C)c1C. The molecular formula is C17H25N3. The van der Waals surface area contributed by atoms with Crippen LogP contribution in [0.3, 0.4) is 0 Å². The maximum atomic E-state index is 4.51. The lowest BCUT2D eigenvalue weighted by Crippen LogP contribution is -2.25. The van der Waals surface area contributed by atoms with Crippen LogP contribution in [-0.2, 0) is 13.0 Å². The normalized spacial score (nSPS) is 12.6. The van der Waals surface area contributed by atoms with Crippen molar-refractivity contribution in [1.29, 1.82) is 0 Å². The van der Waals surface area contributed by atoms with E-state index in [0.717, 1.165) is 25.3 Å². The minimum absolute atomic E-state index is 0.326. The Labute approximate surface area is 122 Å². The number of imidazole rings is 1. The summed E-state index contributed by atoms with van der Waals surface area (Å²) in [6.07, 6.45) is 4.88. The highest BCUT2D eigenvalue weighted by atomic mass is 15.1. The van der Waals surface area contributed by atoms with Crippen LogP contribution in [-0.4, -0.2) is 16.1 Å². The molecule has 0 radical (unpaired) electrons. The summed E-state index contributed by atoms with van der Waals surface area (Å²) in [6.45, 7) is 10.6. The van der Waals surface area contributed by atoms with Gasteiger partial charge in [0.05, 0.1) is 0 Å². The maximum absolute atomic E-state index is 4.51. The Morgan fingerprint density at radius 1 is 1.25 bits per heavy atom. The largest absolute Gasteiger partial charge is 0.335 e. The van der Waals surface area contributed by atoms with Crippen LogP contribution in [0.1, 0.15) is 42.4 Å². The zero-order chi connectivity index (χ0) is 14.5. The molecule has 0 saturated heterocycles. The number of hydrogen-bond donors (Lipinski definition) is 1. The topological polar surface area (TPSA) is 29.9 Å². The predicted octanol–water partition coefficient (Wildman–Crippen LogP) is 3.41. The van der Waals surface area contributed by atoms with Crippen molar-refractivity contribution in [3.05, 3.63) is 53.1 Å². The van der Waals surface area contributed by atoms with E-state index in [-0.39, 0.29) is 0 Å². The molecule has 0 spiro atoms. The molecule has 1 aromatic heterocycles. The molecule has 2 rings (SSSR count). The van der Waals surface area contributed by atoms with Crippen molar-refractivity contribution >= 4 is 0 Å². The summed E-state index contributed by atoms with van der Waals surface area (Å²) in [5.74, 6) is 1.15. The van der Waals surface area contributed by atoms with E-state index in [1.54, 1.807) is 0 Å². The van der Waals surface area contributed by atoms with Crippen molar-refractivity contribution < 1.29 is 0 Å². The molecule has 2 aromatic rings. The number of aryl methyl sites for hydroxylation is 2. The molecule has 0 bridgehead atoms. The van der Waals surface area contributed by atoms with Crippen LogP contribution in [0.4, 0.5) is 0 Å². The average Bonchev–Trinajstić information content (AvgIpc) is 2.89. The van der Waals surface area contributed by atoms with Gasteiger partial charge in [-0.3, -0.25) is 0 Å². The lowest BCUT2D eigenvalue weighted by molar-refractivity contribution is 0.520. The Morgan fingerprint density at radius 2 is 2.05 bits per heavy atom. The van der Waals surface area contributed by atoms with Gasteiger partial charge < -0.3 is 9.88 Å². The van der Waals surface area contributed by atoms with Crippen LogP contribution in [0.25, 0.3) is 0 Å². The summed E-state index contributed by atoms with van der Waals surface area (Å²) >= 11 is 0. The Kier molecular flexibility index (Phi) is 4.96. The van der Waals surface area contributed by atoms with Gasteiger partial charge in [0.25, 0.3) is 0 Å². The fourth-order valence-electron chi connectivity index (χ4n) is 2.69. The fourth-order valence-corrected chi connectivity index (χ4v) is 2.69. The third-order valence-corrected chi connectivity index (χ3v) is 4.00. The number of nitrogens with one attached hydrogen (secondary N) is 1. The number of benzene rings is 1. The van der Waals surface area contributed by atoms with Crippen molar-refractivity contribution in [2.75, 3.05) is 6.54 Å². The molecule has 3 heteroatoms. The zero-order valence-corrected chi connectivity index (χ0v) is 13.0. The van der Waals surface area contributed by atoms with Gasteiger partial charge in [-0.2, -0.15) is 0 Å². The van der Waals surface area contributed by atoms with Gasteiger partial charge in [0.2, 0.25) is 0 Å². The van der Waals surface area contributed by atoms with Crippen LogP contribution >= 0.6 is 0 Å². The van der Waals surface area contributed by atoms with Gasteiger partial charge in [-0.25, -0.2) is 4.98 Å². The highest BCUT2D eigenvalue weighted by Crippen LogP contribution is 2.23. The lowest BCUT2D eigenvalue weighted by atomic mass is 9.95. The number of likely N-dealkylation sites (N-methyl/N-ethyl adjacent to an activating group) is 1. The molecule has 1 aromatic carbocycles. The van der Waals surface area contributed by atoms with Crippen molar-refractivity contribution in [2.45, 2.75) is 46.7 Å². The van der Waals surface area contributed by atoms with Crippen LogP contribution in [0.15, 0.2) is 30.6 Å². The van der Waals surface area contributed by atoms with E-state index in [4.69, 9.17) is 0 Å². The van der Waals surface area contributed by atoms with Gasteiger partial charge in [0, 0.05) is 31.4 Å². The second-order valence-corrected chi connectivity index (χ2v) is 5.23. The summed E-state index contributed by atoms with van der Waals surface area (Å²) < 4.78 is 2.22. The molecule has 1 atom stereocenters. The minimum Gasteiger partial charge on any atom is -0.335 e. The summed E-state index contributed by atoms with van der Waals surface area (Å²) in [7, 11) is 0. The van der Waals surface area contributed by atoms with E-state index in [1.807, 2.05) is 6.20 Å². The summed E-state index contributed by atoms with van der Waals surface area (Å²) in [4.78, 5) is 4.51. The molecule has 1 N–H and O–H groups in total. The molecule has 0 amide bonds. The van der Waals surface area contributed by atoms with E-state index in [0.29, 0.717) is 6.04 Å². The van der Waals surface area contributed by atoms with Crippen LogP contribution in [0, 0.1) is 13.8 Å². The third-order valence-electron chi connectivity index (χ3n) is 4.00. The van der Waals surface area contributed by atoms with Crippen molar-refractivity contribution in [2.24, 2.45) is 0 Å². The molecule has 0 aliphatic heterocycles. The Balaban J connectivity index is 2.29. The molecule has 3 nitrogen and oxygen atoms in total. The Bertz CT molecular complexity index is 557. The second kappa shape index (κ2) is 6.71. The Morgan fingerprint density at radius 3 is 2.75 bits per heavy atom. The molecule has 0 saturated carbocycles. The number of hydrogen-bond acceptors (Lipinski definition) is 2. The van der Waals surface area contributed by atoms with Gasteiger partial charge in [-0.1, -0.05) is 25.1 Å². The second-order valence-electron chi connectivity index (χ2n) is 5.23. The van der Waals surface area contributed by atoms with Crippen LogP contribution in [0.5, 0.6) is 0 Å². The maximum Gasteiger partial charge on any atom is 0.110 e. The standard InChI is InChI=1S/C17H25N3/c1-5-18-16(12-17-19-10-11-20(17)6-2)15-9-7-8-13(3)14(15)4/h7-11,16,18H,5-6,12H2,1-4H3. The first-order chi connectivity index (χ1) is 9.67. The van der Waals surface area contributed by atoms with Gasteiger partial charge in [-0.05, 0) is 44.0 Å². The quantitative estimate of drug-likeness (QED) is 0.872. The van der Waals surface area contributed by atoms with E-state index < -0.39 is 0 Å². The van der Waals surface area contributed by atoms with Gasteiger partial charge in [0.15, 0.2) is 0 Å². The molecule has 1 heterocycles. The first kappa shape index (κ1) is 14.8. The highest BCUT2D eigenvalue weighted by molar-refractivity contribution is 5.35. The van der Waals surface area contributed by atoms with Crippen LogP contribution in [0.2, 0.25) is 0 Å². The first-order valence-electron chi connectivity index (χ1n) is 7.46. The molecule has 0 aliphatic carbocycles. The zero-order valence-electron chi connectivity index (χ0n) is 13.0. The van der Waals surface area contributed by atoms with Gasteiger partial charge in [-0.15, -0.1) is 0 Å². The monoisotopic (exact) mass is 271 g/mol. The third kappa shape index (κ3) is 3.10. The predicted molar refractivity (Wildman–Crippen MR) is 83.9 cm³/mol. The number of nitrogens with zero attached hydrogens (tertiary/aromatic N) is 2. The first-order valence-corrected chi connectivity index (χ1v) is 7.46. The van der Waals surface area contributed by atoms with Crippen molar-refractivity contribution in [3.63, 3.8) is 0 Å². The summed E-state index contributed by atoms with van der Waals surface area (Å²) in [5.41, 5.74) is 4.12. The summed E-state index contributed by atoms with van der Waals surface area (Å²) in [5, 5.41) is 3.60. The molecule has 0 aliphatic rings. The number of aromatic nitrogens is 2. The molecule has 1 unspecified atom stereocenters. The Hall–Kier alpha value is -1.61. The van der Waals surface area contributed by atoms with Crippen LogP contribution < -0.4 is 5.32 Å². The average molecular weight is 271 g/mol. The molecule has 20 heavy (non-hydrogen) atoms.